The fourth-order valence-corrected chi connectivity index (χ4v) is 3.41. The Balaban J connectivity index is 2.16. The molecular weight excluding hydrogens is 304 g/mol. The second kappa shape index (κ2) is 6.85. The lowest BCUT2D eigenvalue weighted by atomic mass is 10.1. The molecule has 0 fully saturated rings. The molecule has 1 heterocycles. The number of ether oxygens (including phenoxy) is 2. The molecule has 1 atom stereocenters. The van der Waals surface area contributed by atoms with E-state index in [2.05, 4.69) is 4.72 Å². The van der Waals surface area contributed by atoms with Gasteiger partial charge in [0.1, 0.15) is 0 Å². The summed E-state index contributed by atoms with van der Waals surface area (Å²) in [4.78, 5) is 0. The number of rotatable bonds is 5. The maximum atomic E-state index is 12.3. The van der Waals surface area contributed by atoms with Crippen LogP contribution in [0.5, 0.6) is 11.5 Å². The van der Waals surface area contributed by atoms with Crippen molar-refractivity contribution < 1.29 is 17.9 Å². The predicted octanol–water partition coefficient (Wildman–Crippen LogP) is 2.08. The molecule has 0 saturated heterocycles. The summed E-state index contributed by atoms with van der Waals surface area (Å²) in [5.41, 5.74) is 0.838. The lowest BCUT2D eigenvalue weighted by Gasteiger charge is -2.24. The zero-order chi connectivity index (χ0) is 16.3. The van der Waals surface area contributed by atoms with Crippen LogP contribution in [0.15, 0.2) is 18.2 Å². The largest absolute Gasteiger partial charge is 0.490 e. The molecule has 0 aliphatic carbocycles. The van der Waals surface area contributed by atoms with Crippen LogP contribution in [0.3, 0.4) is 0 Å². The lowest BCUT2D eigenvalue weighted by molar-refractivity contribution is 0.297. The van der Waals surface area contributed by atoms with Gasteiger partial charge >= 0.3 is 0 Å². The van der Waals surface area contributed by atoms with Crippen LogP contribution in [0, 0.1) is 0 Å². The fraction of sp³-hybridized carbons (Fsp3) is 0.600. The standard InChI is InChI=1S/C15H24N2O4S/c1-11(2)17(4)22(18,19)16-12(3)13-6-7-14-15(10-13)21-9-5-8-20-14/h6-7,10-12,16H,5,8-9H2,1-4H3/t12-/m1/s1. The van der Waals surface area contributed by atoms with Gasteiger partial charge in [0.2, 0.25) is 0 Å². The Kier molecular flexibility index (Phi) is 5.31. The van der Waals surface area contributed by atoms with E-state index in [1.807, 2.05) is 39.0 Å². The molecule has 22 heavy (non-hydrogen) atoms. The van der Waals surface area contributed by atoms with Gasteiger partial charge in [-0.1, -0.05) is 6.07 Å². The molecule has 1 aliphatic heterocycles. The highest BCUT2D eigenvalue weighted by Gasteiger charge is 2.23. The third kappa shape index (κ3) is 3.91. The average molecular weight is 328 g/mol. The molecule has 6 nitrogen and oxygen atoms in total. The maximum Gasteiger partial charge on any atom is 0.279 e. The van der Waals surface area contributed by atoms with Crippen LogP contribution in [-0.4, -0.2) is 39.0 Å². The average Bonchev–Trinajstić information content (AvgIpc) is 2.70. The molecule has 1 N–H and O–H groups in total. The predicted molar refractivity (Wildman–Crippen MR) is 85.4 cm³/mol. The van der Waals surface area contributed by atoms with Crippen LogP contribution < -0.4 is 14.2 Å². The number of hydrogen-bond donors (Lipinski definition) is 1. The zero-order valence-corrected chi connectivity index (χ0v) is 14.3. The van der Waals surface area contributed by atoms with E-state index in [0.29, 0.717) is 24.7 Å². The van der Waals surface area contributed by atoms with E-state index >= 15 is 0 Å². The Hall–Kier alpha value is -1.31. The molecular formula is C15H24N2O4S. The van der Waals surface area contributed by atoms with Gasteiger partial charge in [0.15, 0.2) is 11.5 Å². The number of nitrogens with zero attached hydrogens (tertiary/aromatic N) is 1. The van der Waals surface area contributed by atoms with Gasteiger partial charge in [-0.05, 0) is 38.5 Å². The van der Waals surface area contributed by atoms with E-state index < -0.39 is 10.2 Å². The molecule has 7 heteroatoms. The molecule has 0 radical (unpaired) electrons. The van der Waals surface area contributed by atoms with Crippen LogP contribution in [0.4, 0.5) is 0 Å². The molecule has 0 aromatic heterocycles. The second-order valence-electron chi connectivity index (χ2n) is 5.71. The highest BCUT2D eigenvalue weighted by molar-refractivity contribution is 7.87. The Bertz CT molecular complexity index is 616. The van der Waals surface area contributed by atoms with Crippen molar-refractivity contribution in [2.75, 3.05) is 20.3 Å². The van der Waals surface area contributed by atoms with Gasteiger partial charge in [0.05, 0.1) is 13.2 Å². The van der Waals surface area contributed by atoms with Crippen molar-refractivity contribution in [2.24, 2.45) is 0 Å². The van der Waals surface area contributed by atoms with Gasteiger partial charge in [-0.2, -0.15) is 17.4 Å². The Morgan fingerprint density at radius 2 is 1.77 bits per heavy atom. The monoisotopic (exact) mass is 328 g/mol. The van der Waals surface area contributed by atoms with Crippen molar-refractivity contribution in [1.82, 2.24) is 9.03 Å². The van der Waals surface area contributed by atoms with E-state index in [1.54, 1.807) is 7.05 Å². The molecule has 0 spiro atoms. The first kappa shape index (κ1) is 17.1. The fourth-order valence-electron chi connectivity index (χ4n) is 2.10. The zero-order valence-electron chi connectivity index (χ0n) is 13.5. The first-order valence-corrected chi connectivity index (χ1v) is 8.90. The summed E-state index contributed by atoms with van der Waals surface area (Å²) in [5.74, 6) is 1.37. The summed E-state index contributed by atoms with van der Waals surface area (Å²) in [5, 5.41) is 0. The van der Waals surface area contributed by atoms with Crippen LogP contribution in [0.2, 0.25) is 0 Å². The highest BCUT2D eigenvalue weighted by Crippen LogP contribution is 2.32. The van der Waals surface area contributed by atoms with E-state index in [-0.39, 0.29) is 12.1 Å². The van der Waals surface area contributed by atoms with Crippen LogP contribution >= 0.6 is 0 Å². The highest BCUT2D eigenvalue weighted by atomic mass is 32.2. The van der Waals surface area contributed by atoms with Gasteiger partial charge in [-0.15, -0.1) is 0 Å². The summed E-state index contributed by atoms with van der Waals surface area (Å²) in [6.07, 6.45) is 0.839. The first-order valence-electron chi connectivity index (χ1n) is 7.46. The first-order chi connectivity index (χ1) is 10.3. The van der Waals surface area contributed by atoms with Crippen molar-refractivity contribution in [1.29, 1.82) is 0 Å². The van der Waals surface area contributed by atoms with E-state index in [0.717, 1.165) is 12.0 Å². The van der Waals surface area contributed by atoms with Crippen LogP contribution in [0.1, 0.15) is 38.8 Å². The minimum atomic E-state index is -3.52. The Morgan fingerprint density at radius 3 is 2.41 bits per heavy atom. The van der Waals surface area contributed by atoms with Crippen molar-refractivity contribution in [3.8, 4) is 11.5 Å². The number of hydrogen-bond acceptors (Lipinski definition) is 4. The SMILES string of the molecule is CC(C)N(C)S(=O)(=O)N[C@H](C)c1ccc2c(c1)OCCCO2. The van der Waals surface area contributed by atoms with Crippen molar-refractivity contribution in [3.63, 3.8) is 0 Å². The molecule has 1 aliphatic rings. The minimum absolute atomic E-state index is 0.103. The third-order valence-electron chi connectivity index (χ3n) is 3.70. The summed E-state index contributed by atoms with van der Waals surface area (Å²) in [6, 6.07) is 5.06. The quantitative estimate of drug-likeness (QED) is 0.898. The van der Waals surface area contributed by atoms with E-state index in [9.17, 15) is 8.42 Å². The molecule has 0 bridgehead atoms. The summed E-state index contributed by atoms with van der Waals surface area (Å²) in [6.45, 7) is 6.71. The minimum Gasteiger partial charge on any atom is -0.490 e. The smallest absolute Gasteiger partial charge is 0.279 e. The van der Waals surface area contributed by atoms with Gasteiger partial charge in [-0.25, -0.2) is 0 Å². The summed E-state index contributed by atoms with van der Waals surface area (Å²) < 4.78 is 39.7. The Morgan fingerprint density at radius 1 is 1.14 bits per heavy atom. The van der Waals surface area contributed by atoms with Crippen molar-refractivity contribution in [3.05, 3.63) is 23.8 Å². The normalized spacial score (nSPS) is 16.6. The molecule has 0 unspecified atom stereocenters. The number of benzene rings is 1. The molecule has 1 aromatic carbocycles. The van der Waals surface area contributed by atoms with E-state index in [1.165, 1.54) is 4.31 Å². The summed E-state index contributed by atoms with van der Waals surface area (Å²) in [7, 11) is -1.96. The molecule has 1 aromatic rings. The maximum absolute atomic E-state index is 12.3. The molecule has 0 saturated carbocycles. The van der Waals surface area contributed by atoms with Crippen molar-refractivity contribution in [2.45, 2.75) is 39.3 Å². The number of nitrogens with one attached hydrogen (secondary N) is 1. The second-order valence-corrected chi connectivity index (χ2v) is 7.47. The van der Waals surface area contributed by atoms with Gasteiger partial charge in [0.25, 0.3) is 10.2 Å². The number of fused-ring (bicyclic) bond motifs is 1. The topological polar surface area (TPSA) is 67.9 Å². The Labute approximate surface area is 132 Å². The third-order valence-corrected chi connectivity index (χ3v) is 5.53. The lowest BCUT2D eigenvalue weighted by Crippen LogP contribution is -2.42. The molecule has 0 amide bonds. The van der Waals surface area contributed by atoms with Gasteiger partial charge in [0, 0.05) is 25.6 Å². The van der Waals surface area contributed by atoms with Gasteiger partial charge in [-0.3, -0.25) is 0 Å². The van der Waals surface area contributed by atoms with Gasteiger partial charge < -0.3 is 9.47 Å². The molecule has 2 rings (SSSR count). The van der Waals surface area contributed by atoms with Crippen molar-refractivity contribution >= 4 is 10.2 Å². The summed E-state index contributed by atoms with van der Waals surface area (Å²) >= 11 is 0. The molecule has 124 valence electrons. The van der Waals surface area contributed by atoms with Crippen LogP contribution in [0.25, 0.3) is 0 Å². The van der Waals surface area contributed by atoms with Crippen LogP contribution in [-0.2, 0) is 10.2 Å². The van der Waals surface area contributed by atoms with E-state index in [4.69, 9.17) is 9.47 Å².